The van der Waals surface area contributed by atoms with Gasteiger partial charge in [0.25, 0.3) is 0 Å². The number of nitrogens with zero attached hydrogens (tertiary/aromatic N) is 6. The van der Waals surface area contributed by atoms with Gasteiger partial charge in [-0.3, -0.25) is 9.69 Å². The van der Waals surface area contributed by atoms with Crippen molar-refractivity contribution >= 4 is 23.3 Å². The molecule has 28 heavy (non-hydrogen) atoms. The molecule has 1 amide bonds. The van der Waals surface area contributed by atoms with E-state index in [-0.39, 0.29) is 23.1 Å². The Morgan fingerprint density at radius 3 is 2.93 bits per heavy atom. The normalized spacial score (nSPS) is 17.1. The molecule has 0 saturated carbocycles. The van der Waals surface area contributed by atoms with Crippen molar-refractivity contribution in [3.63, 3.8) is 0 Å². The molecule has 3 heterocycles. The van der Waals surface area contributed by atoms with Crippen LogP contribution < -0.4 is 4.90 Å². The van der Waals surface area contributed by atoms with Crippen LogP contribution in [0.25, 0.3) is 5.69 Å². The van der Waals surface area contributed by atoms with Crippen LogP contribution in [0.5, 0.6) is 5.75 Å². The van der Waals surface area contributed by atoms with Gasteiger partial charge in [0, 0.05) is 18.5 Å². The predicted molar refractivity (Wildman–Crippen MR) is 98.8 cm³/mol. The molecular weight excluding hydrogens is 387 g/mol. The fraction of sp³-hybridized carbons (Fsp3) is 0.278. The van der Waals surface area contributed by atoms with Crippen LogP contribution >= 0.6 is 11.6 Å². The number of amides is 1. The molecule has 1 aliphatic heterocycles. The van der Waals surface area contributed by atoms with Gasteiger partial charge in [0.15, 0.2) is 5.82 Å². The van der Waals surface area contributed by atoms with Crippen molar-refractivity contribution < 1.29 is 14.3 Å². The molecule has 10 heteroatoms. The van der Waals surface area contributed by atoms with Crippen LogP contribution in [0.2, 0.25) is 5.02 Å². The number of halogens is 2. The molecule has 1 N–H and O–H groups in total. The molecule has 0 radical (unpaired) electrons. The molecule has 1 saturated heterocycles. The molecule has 1 fully saturated rings. The molecular formula is C18H16ClFN6O2. The Kier molecular flexibility index (Phi) is 4.91. The average Bonchev–Trinajstić information content (AvgIpc) is 3.18. The predicted octanol–water partition coefficient (Wildman–Crippen LogP) is 2.54. The van der Waals surface area contributed by atoms with E-state index in [2.05, 4.69) is 20.4 Å². The molecule has 1 aromatic carbocycles. The average molecular weight is 403 g/mol. The molecule has 1 aliphatic rings. The summed E-state index contributed by atoms with van der Waals surface area (Å²) in [5.74, 6) is -0.845. The van der Waals surface area contributed by atoms with Gasteiger partial charge in [-0.2, -0.15) is 15.3 Å². The maximum atomic E-state index is 13.7. The number of carbonyl (C=O) groups is 1. The Morgan fingerprint density at radius 1 is 1.29 bits per heavy atom. The largest absolute Gasteiger partial charge is 0.508 e. The number of piperidine rings is 1. The fourth-order valence-electron chi connectivity index (χ4n) is 3.28. The SMILES string of the molecule is O=C1C(Cc2cc(F)c(Cl)cc2O)CCCN1c1cnn(-c2ccnnc2)n1. The second-order valence-electron chi connectivity index (χ2n) is 6.52. The van der Waals surface area contributed by atoms with Crippen molar-refractivity contribution in [3.05, 3.63) is 53.2 Å². The number of benzene rings is 1. The molecule has 2 aromatic heterocycles. The lowest BCUT2D eigenvalue weighted by Crippen LogP contribution is -2.42. The van der Waals surface area contributed by atoms with Crippen LogP contribution in [0.15, 0.2) is 36.8 Å². The lowest BCUT2D eigenvalue weighted by molar-refractivity contribution is -0.123. The minimum Gasteiger partial charge on any atom is -0.508 e. The summed E-state index contributed by atoms with van der Waals surface area (Å²) in [7, 11) is 0. The smallest absolute Gasteiger partial charge is 0.231 e. The van der Waals surface area contributed by atoms with Crippen LogP contribution in [0.1, 0.15) is 18.4 Å². The van der Waals surface area contributed by atoms with Crippen molar-refractivity contribution in [1.82, 2.24) is 25.2 Å². The second-order valence-corrected chi connectivity index (χ2v) is 6.93. The molecule has 0 spiro atoms. The van der Waals surface area contributed by atoms with E-state index in [0.717, 1.165) is 12.5 Å². The third-order valence-electron chi connectivity index (χ3n) is 4.69. The first-order valence-electron chi connectivity index (χ1n) is 8.70. The topological polar surface area (TPSA) is 97.0 Å². The summed E-state index contributed by atoms with van der Waals surface area (Å²) < 4.78 is 13.7. The molecule has 1 unspecified atom stereocenters. The Balaban J connectivity index is 1.54. The van der Waals surface area contributed by atoms with E-state index in [0.29, 0.717) is 30.0 Å². The Labute approximate surface area is 164 Å². The Hall–Kier alpha value is -3.07. The maximum absolute atomic E-state index is 13.7. The zero-order valence-electron chi connectivity index (χ0n) is 14.7. The summed E-state index contributed by atoms with van der Waals surface area (Å²) in [5.41, 5.74) is 0.984. The molecule has 0 bridgehead atoms. The van der Waals surface area contributed by atoms with Gasteiger partial charge in [-0.15, -0.1) is 9.90 Å². The van der Waals surface area contributed by atoms with E-state index >= 15 is 0 Å². The number of phenolic OH excluding ortho intramolecular Hbond substituents is 1. The highest BCUT2D eigenvalue weighted by Crippen LogP contribution is 2.31. The molecule has 0 aliphatic carbocycles. The summed E-state index contributed by atoms with van der Waals surface area (Å²) in [4.78, 5) is 15.9. The van der Waals surface area contributed by atoms with Crippen molar-refractivity contribution in [2.75, 3.05) is 11.4 Å². The summed E-state index contributed by atoms with van der Waals surface area (Å²) in [5, 5.41) is 25.9. The van der Waals surface area contributed by atoms with E-state index < -0.39 is 11.7 Å². The third kappa shape index (κ3) is 3.53. The third-order valence-corrected chi connectivity index (χ3v) is 4.98. The van der Waals surface area contributed by atoms with Gasteiger partial charge in [0.05, 0.1) is 23.6 Å². The number of hydrogen-bond acceptors (Lipinski definition) is 6. The quantitative estimate of drug-likeness (QED) is 0.720. The van der Waals surface area contributed by atoms with Crippen LogP contribution in [0.3, 0.4) is 0 Å². The first kappa shape index (κ1) is 18.3. The maximum Gasteiger partial charge on any atom is 0.231 e. The highest BCUT2D eigenvalue weighted by Gasteiger charge is 2.32. The highest BCUT2D eigenvalue weighted by molar-refractivity contribution is 6.30. The van der Waals surface area contributed by atoms with E-state index in [1.165, 1.54) is 29.5 Å². The second kappa shape index (κ2) is 7.51. The summed E-state index contributed by atoms with van der Waals surface area (Å²) in [6.07, 6.45) is 6.18. The van der Waals surface area contributed by atoms with Gasteiger partial charge < -0.3 is 5.11 Å². The van der Waals surface area contributed by atoms with E-state index in [1.54, 1.807) is 11.0 Å². The summed E-state index contributed by atoms with van der Waals surface area (Å²) in [6.45, 7) is 0.517. The van der Waals surface area contributed by atoms with Crippen LogP contribution in [-0.2, 0) is 11.2 Å². The first-order valence-corrected chi connectivity index (χ1v) is 9.08. The molecule has 1 atom stereocenters. The highest BCUT2D eigenvalue weighted by atomic mass is 35.5. The lowest BCUT2D eigenvalue weighted by atomic mass is 9.90. The van der Waals surface area contributed by atoms with Crippen molar-refractivity contribution in [2.45, 2.75) is 19.3 Å². The van der Waals surface area contributed by atoms with E-state index in [9.17, 15) is 14.3 Å². The van der Waals surface area contributed by atoms with Gasteiger partial charge in [0.2, 0.25) is 5.91 Å². The number of aromatic hydroxyl groups is 1. The van der Waals surface area contributed by atoms with Crippen molar-refractivity contribution in [1.29, 1.82) is 0 Å². The van der Waals surface area contributed by atoms with Gasteiger partial charge in [-0.25, -0.2) is 4.39 Å². The zero-order valence-corrected chi connectivity index (χ0v) is 15.4. The van der Waals surface area contributed by atoms with Crippen LogP contribution in [0.4, 0.5) is 10.2 Å². The summed E-state index contributed by atoms with van der Waals surface area (Å²) >= 11 is 5.68. The van der Waals surface area contributed by atoms with Crippen LogP contribution in [0, 0.1) is 11.7 Å². The van der Waals surface area contributed by atoms with Crippen molar-refractivity contribution in [2.24, 2.45) is 5.92 Å². The van der Waals surface area contributed by atoms with E-state index in [1.807, 2.05) is 0 Å². The number of hydrogen-bond donors (Lipinski definition) is 1. The number of rotatable bonds is 4. The van der Waals surface area contributed by atoms with Gasteiger partial charge in [0.1, 0.15) is 17.3 Å². The molecule has 4 rings (SSSR count). The standard InChI is InChI=1S/C18H16ClFN6O2/c19-14-8-16(27)12(7-15(14)20)6-11-2-1-5-25(18(11)28)17-10-23-26(24-17)13-3-4-21-22-9-13/h3-4,7-11,27H,1-2,5-6H2. The zero-order chi connectivity index (χ0) is 19.7. The molecule has 3 aromatic rings. The number of carbonyl (C=O) groups excluding carboxylic acids is 1. The molecule has 144 valence electrons. The number of phenols is 1. The Morgan fingerprint density at radius 2 is 2.14 bits per heavy atom. The number of aromatic nitrogens is 5. The van der Waals surface area contributed by atoms with Gasteiger partial charge in [-0.05, 0) is 37.0 Å². The molecule has 8 nitrogen and oxygen atoms in total. The first-order chi connectivity index (χ1) is 13.5. The number of anilines is 1. The Bertz CT molecular complexity index is 1010. The minimum atomic E-state index is -0.622. The lowest BCUT2D eigenvalue weighted by Gasteiger charge is -2.30. The minimum absolute atomic E-state index is 0.118. The monoisotopic (exact) mass is 402 g/mol. The van der Waals surface area contributed by atoms with Crippen LogP contribution in [-0.4, -0.2) is 42.7 Å². The summed E-state index contributed by atoms with van der Waals surface area (Å²) in [6, 6.07) is 4.04. The van der Waals surface area contributed by atoms with Crippen molar-refractivity contribution in [3.8, 4) is 11.4 Å². The van der Waals surface area contributed by atoms with Gasteiger partial charge in [-0.1, -0.05) is 11.6 Å². The van der Waals surface area contributed by atoms with Gasteiger partial charge >= 0.3 is 0 Å². The van der Waals surface area contributed by atoms with E-state index in [4.69, 9.17) is 11.6 Å². The fourth-order valence-corrected chi connectivity index (χ4v) is 3.44.